The van der Waals surface area contributed by atoms with Crippen LogP contribution in [0.25, 0.3) is 0 Å². The van der Waals surface area contributed by atoms with Crippen LogP contribution in [-0.4, -0.2) is 57.1 Å². The van der Waals surface area contributed by atoms with Crippen LogP contribution in [0.15, 0.2) is 83.8 Å². The van der Waals surface area contributed by atoms with Crippen molar-refractivity contribution in [3.63, 3.8) is 0 Å². The zero-order valence-electron chi connectivity index (χ0n) is 22.3. The highest BCUT2D eigenvalue weighted by Gasteiger charge is 2.30. The first kappa shape index (κ1) is 27.1. The number of nitrogens with one attached hydrogen (secondary N) is 1. The Hall–Kier alpha value is -3.49. The Morgan fingerprint density at radius 1 is 0.872 bits per heavy atom. The highest BCUT2D eigenvalue weighted by Crippen LogP contribution is 2.32. The molecular formula is C31H35N3O4S. The number of amides is 2. The third kappa shape index (κ3) is 6.94. The lowest BCUT2D eigenvalue weighted by Crippen LogP contribution is -2.46. The number of hydrogen-bond acceptors (Lipinski definition) is 5. The highest BCUT2D eigenvalue weighted by molar-refractivity contribution is 7.91. The molecule has 1 aliphatic heterocycles. The second-order valence-corrected chi connectivity index (χ2v) is 12.8. The Balaban J connectivity index is 1.22. The number of benzene rings is 3. The minimum Gasteiger partial charge on any atom is -0.326 e. The molecule has 1 aliphatic carbocycles. The minimum atomic E-state index is -3.27. The summed E-state index contributed by atoms with van der Waals surface area (Å²) in [5.74, 6) is 0.231. The first-order valence-electron chi connectivity index (χ1n) is 13.6. The maximum Gasteiger partial charge on any atom is 0.258 e. The maximum atomic E-state index is 13.6. The summed E-state index contributed by atoms with van der Waals surface area (Å²) in [6.45, 7) is 1.90. The molecule has 0 spiro atoms. The van der Waals surface area contributed by atoms with Gasteiger partial charge in [-0.2, -0.15) is 0 Å². The van der Waals surface area contributed by atoms with E-state index in [-0.39, 0.29) is 35.9 Å². The van der Waals surface area contributed by atoms with Crippen LogP contribution < -0.4 is 10.2 Å². The summed E-state index contributed by atoms with van der Waals surface area (Å²) in [6.07, 6.45) is 3.92. The molecule has 1 saturated heterocycles. The lowest BCUT2D eigenvalue weighted by Gasteiger charge is -2.37. The van der Waals surface area contributed by atoms with Gasteiger partial charge in [0.05, 0.1) is 17.1 Å². The van der Waals surface area contributed by atoms with Gasteiger partial charge in [-0.05, 0) is 106 Å². The number of carbonyl (C=O) groups excluding carboxylic acids is 2. The van der Waals surface area contributed by atoms with Crippen LogP contribution in [0.4, 0.5) is 11.4 Å². The first-order chi connectivity index (χ1) is 18.8. The third-order valence-electron chi connectivity index (χ3n) is 7.52. The van der Waals surface area contributed by atoms with E-state index in [1.165, 1.54) is 0 Å². The van der Waals surface area contributed by atoms with E-state index >= 15 is 0 Å². The van der Waals surface area contributed by atoms with Gasteiger partial charge in [0.15, 0.2) is 9.84 Å². The summed E-state index contributed by atoms with van der Waals surface area (Å²) in [6, 6.07) is 23.5. The van der Waals surface area contributed by atoms with Crippen molar-refractivity contribution in [2.75, 3.05) is 36.1 Å². The molecule has 3 aromatic carbocycles. The van der Waals surface area contributed by atoms with E-state index in [9.17, 15) is 18.0 Å². The van der Waals surface area contributed by atoms with Crippen molar-refractivity contribution in [3.8, 4) is 0 Å². The zero-order valence-corrected chi connectivity index (χ0v) is 23.1. The van der Waals surface area contributed by atoms with Crippen LogP contribution >= 0.6 is 0 Å². The van der Waals surface area contributed by atoms with Gasteiger partial charge in [-0.3, -0.25) is 9.59 Å². The van der Waals surface area contributed by atoms with Crippen molar-refractivity contribution in [2.45, 2.75) is 43.0 Å². The lowest BCUT2D eigenvalue weighted by molar-refractivity contribution is -0.115. The Morgan fingerprint density at radius 3 is 2.13 bits per heavy atom. The first-order valence-corrected chi connectivity index (χ1v) is 15.2. The molecule has 8 heteroatoms. The number of para-hydroxylation sites is 1. The average Bonchev–Trinajstić information content (AvgIpc) is 3.74. The van der Waals surface area contributed by atoms with Gasteiger partial charge in [0, 0.05) is 23.0 Å². The van der Waals surface area contributed by atoms with Crippen molar-refractivity contribution in [2.24, 2.45) is 5.92 Å². The van der Waals surface area contributed by atoms with Gasteiger partial charge >= 0.3 is 0 Å². The molecule has 39 heavy (non-hydrogen) atoms. The molecule has 7 nitrogen and oxygen atoms in total. The standard InChI is InChI=1S/C31H35N3O4S/c1-33-19-17-28(18-20-33)34(27-5-3-2-4-6-27)31(36)25-11-13-26(14-12-25)32-30(35)21-23-9-15-29(16-10-23)39(37,38)22-24-7-8-24/h2-6,9-16,24,28H,7-8,17-22H2,1H3,(H,32,35). The van der Waals surface area contributed by atoms with E-state index in [2.05, 4.69) is 17.3 Å². The Bertz CT molecular complexity index is 1390. The van der Waals surface area contributed by atoms with Gasteiger partial charge in [-0.1, -0.05) is 30.3 Å². The van der Waals surface area contributed by atoms with E-state index in [4.69, 9.17) is 0 Å². The van der Waals surface area contributed by atoms with Gasteiger partial charge in [0.2, 0.25) is 5.91 Å². The van der Waals surface area contributed by atoms with Gasteiger partial charge in [0.1, 0.15) is 0 Å². The summed E-state index contributed by atoms with van der Waals surface area (Å²) in [4.78, 5) is 30.8. The molecule has 1 heterocycles. The molecule has 1 saturated carbocycles. The highest BCUT2D eigenvalue weighted by atomic mass is 32.2. The summed E-state index contributed by atoms with van der Waals surface area (Å²) in [7, 11) is -1.16. The third-order valence-corrected chi connectivity index (χ3v) is 9.42. The van der Waals surface area contributed by atoms with Crippen LogP contribution in [-0.2, 0) is 21.1 Å². The average molecular weight is 546 g/mol. The number of hydrogen-bond donors (Lipinski definition) is 1. The van der Waals surface area contributed by atoms with Crippen molar-refractivity contribution >= 4 is 33.0 Å². The molecular weight excluding hydrogens is 510 g/mol. The molecule has 5 rings (SSSR count). The van der Waals surface area contributed by atoms with Gasteiger partial charge in [-0.15, -0.1) is 0 Å². The summed E-state index contributed by atoms with van der Waals surface area (Å²) < 4.78 is 24.9. The van der Waals surface area contributed by atoms with E-state index in [1.807, 2.05) is 35.2 Å². The van der Waals surface area contributed by atoms with Crippen LogP contribution in [0, 0.1) is 5.92 Å². The number of nitrogens with zero attached hydrogens (tertiary/aromatic N) is 2. The molecule has 204 valence electrons. The fourth-order valence-electron chi connectivity index (χ4n) is 5.07. The molecule has 3 aromatic rings. The maximum absolute atomic E-state index is 13.6. The number of anilines is 2. The minimum absolute atomic E-state index is 0.0506. The van der Waals surface area contributed by atoms with Gasteiger partial charge < -0.3 is 15.1 Å². The van der Waals surface area contributed by atoms with Gasteiger partial charge in [0.25, 0.3) is 5.91 Å². The molecule has 1 N–H and O–H groups in total. The number of rotatable bonds is 9. The Labute approximate surface area is 230 Å². The zero-order chi connectivity index (χ0) is 27.4. The predicted octanol–water partition coefficient (Wildman–Crippen LogP) is 4.79. The quantitative estimate of drug-likeness (QED) is 0.418. The number of likely N-dealkylation sites (tertiary alicyclic amines) is 1. The predicted molar refractivity (Wildman–Crippen MR) is 154 cm³/mol. The number of sulfone groups is 1. The fourth-order valence-corrected chi connectivity index (χ4v) is 6.76. The Kier molecular flexibility index (Phi) is 8.14. The van der Waals surface area contributed by atoms with E-state index in [0.29, 0.717) is 16.1 Å². The second-order valence-electron chi connectivity index (χ2n) is 10.7. The number of piperidine rings is 1. The van der Waals surface area contributed by atoms with Crippen molar-refractivity contribution in [1.29, 1.82) is 0 Å². The Morgan fingerprint density at radius 2 is 1.51 bits per heavy atom. The van der Waals surface area contributed by atoms with Gasteiger partial charge in [-0.25, -0.2) is 8.42 Å². The topological polar surface area (TPSA) is 86.8 Å². The molecule has 0 bridgehead atoms. The summed E-state index contributed by atoms with van der Waals surface area (Å²) in [5.41, 5.74) is 2.80. The molecule has 0 aromatic heterocycles. The SMILES string of the molecule is CN1CCC(N(C(=O)c2ccc(NC(=O)Cc3ccc(S(=O)(=O)CC4CC4)cc3)cc2)c2ccccc2)CC1. The van der Waals surface area contributed by atoms with Crippen molar-refractivity contribution < 1.29 is 18.0 Å². The molecule has 0 unspecified atom stereocenters. The lowest BCUT2D eigenvalue weighted by atomic mass is 10.0. The van der Waals surface area contributed by atoms with E-state index < -0.39 is 9.84 Å². The monoisotopic (exact) mass is 545 g/mol. The van der Waals surface area contributed by atoms with Crippen LogP contribution in [0.3, 0.4) is 0 Å². The number of carbonyl (C=O) groups is 2. The van der Waals surface area contributed by atoms with Crippen LogP contribution in [0.1, 0.15) is 41.6 Å². The van der Waals surface area contributed by atoms with Crippen molar-refractivity contribution in [3.05, 3.63) is 90.0 Å². The van der Waals surface area contributed by atoms with Crippen LogP contribution in [0.2, 0.25) is 0 Å². The normalized spacial score (nSPS) is 16.5. The van der Waals surface area contributed by atoms with E-state index in [0.717, 1.165) is 50.0 Å². The summed E-state index contributed by atoms with van der Waals surface area (Å²) >= 11 is 0. The smallest absolute Gasteiger partial charge is 0.258 e. The fraction of sp³-hybridized carbons (Fsp3) is 0.355. The van der Waals surface area contributed by atoms with E-state index in [1.54, 1.807) is 48.5 Å². The molecule has 2 fully saturated rings. The molecule has 2 aliphatic rings. The summed E-state index contributed by atoms with van der Waals surface area (Å²) in [5, 5.41) is 2.88. The molecule has 0 atom stereocenters. The largest absolute Gasteiger partial charge is 0.326 e. The molecule has 0 radical (unpaired) electrons. The van der Waals surface area contributed by atoms with Crippen molar-refractivity contribution in [1.82, 2.24) is 4.90 Å². The second kappa shape index (κ2) is 11.7. The molecule has 2 amide bonds. The van der Waals surface area contributed by atoms with Crippen LogP contribution in [0.5, 0.6) is 0 Å².